The first-order valence-electron chi connectivity index (χ1n) is 9.50. The molecule has 0 aliphatic carbocycles. The van der Waals surface area contributed by atoms with Crippen LogP contribution in [0.15, 0.2) is 73.1 Å². The van der Waals surface area contributed by atoms with Gasteiger partial charge in [0.25, 0.3) is 0 Å². The van der Waals surface area contributed by atoms with Gasteiger partial charge in [-0.05, 0) is 61.1 Å². The van der Waals surface area contributed by atoms with Gasteiger partial charge in [0.15, 0.2) is 0 Å². The quantitative estimate of drug-likeness (QED) is 0.529. The Bertz CT molecular complexity index is 934. The van der Waals surface area contributed by atoms with Crippen LogP contribution in [0.4, 0.5) is 4.39 Å². The highest BCUT2D eigenvalue weighted by atomic mass is 19.1. The van der Waals surface area contributed by atoms with Crippen molar-refractivity contribution in [2.24, 2.45) is 0 Å². The summed E-state index contributed by atoms with van der Waals surface area (Å²) in [4.78, 5) is 16.6. The van der Waals surface area contributed by atoms with Crippen LogP contribution >= 0.6 is 0 Å². The predicted molar refractivity (Wildman–Crippen MR) is 110 cm³/mol. The minimum absolute atomic E-state index is 0.0590. The van der Waals surface area contributed by atoms with E-state index in [-0.39, 0.29) is 18.5 Å². The fourth-order valence-electron chi connectivity index (χ4n) is 2.91. The van der Waals surface area contributed by atoms with Gasteiger partial charge in [0, 0.05) is 19.2 Å². The third kappa shape index (κ3) is 6.56. The number of hydrogen-bond donors (Lipinski definition) is 1. The van der Waals surface area contributed by atoms with Crippen molar-refractivity contribution >= 4 is 5.97 Å². The summed E-state index contributed by atoms with van der Waals surface area (Å²) >= 11 is 0. The summed E-state index contributed by atoms with van der Waals surface area (Å²) in [6.45, 7) is 0.451. The molecular formula is C23H23FN2O4. The number of carboxylic acid groups (broad SMARTS) is 1. The molecule has 0 saturated carbocycles. The van der Waals surface area contributed by atoms with E-state index in [1.54, 1.807) is 66.8 Å². The maximum Gasteiger partial charge on any atom is 0.317 e. The number of ether oxygens (including phenoxy) is 2. The second-order valence-corrected chi connectivity index (χ2v) is 6.84. The van der Waals surface area contributed by atoms with Crippen molar-refractivity contribution in [3.05, 3.63) is 84.4 Å². The van der Waals surface area contributed by atoms with Crippen molar-refractivity contribution in [1.29, 1.82) is 0 Å². The highest BCUT2D eigenvalue weighted by molar-refractivity contribution is 5.69. The van der Waals surface area contributed by atoms with E-state index < -0.39 is 5.97 Å². The third-order valence-corrected chi connectivity index (χ3v) is 4.39. The average molecular weight is 410 g/mol. The highest BCUT2D eigenvalue weighted by Crippen LogP contribution is 2.28. The number of likely N-dealkylation sites (N-methyl/N-ethyl adjacent to an activating group) is 1. The van der Waals surface area contributed by atoms with Crippen LogP contribution in [0, 0.1) is 5.82 Å². The van der Waals surface area contributed by atoms with Gasteiger partial charge in [-0.25, -0.2) is 4.39 Å². The van der Waals surface area contributed by atoms with Crippen LogP contribution in [-0.4, -0.2) is 41.1 Å². The molecule has 3 rings (SSSR count). The van der Waals surface area contributed by atoms with Crippen molar-refractivity contribution < 1.29 is 23.8 Å². The lowest BCUT2D eigenvalue weighted by molar-refractivity contribution is -0.138. The van der Waals surface area contributed by atoms with Gasteiger partial charge in [-0.1, -0.05) is 12.1 Å². The Morgan fingerprint density at radius 3 is 2.40 bits per heavy atom. The summed E-state index contributed by atoms with van der Waals surface area (Å²) in [6, 6.07) is 16.9. The summed E-state index contributed by atoms with van der Waals surface area (Å²) < 4.78 is 25.2. The number of benzene rings is 2. The molecule has 0 aliphatic heterocycles. The first-order chi connectivity index (χ1) is 14.5. The molecule has 156 valence electrons. The second kappa shape index (κ2) is 10.4. The molecule has 0 radical (unpaired) electrons. The zero-order valence-corrected chi connectivity index (χ0v) is 16.6. The fraction of sp³-hybridized carbons (Fsp3) is 0.217. The smallest absolute Gasteiger partial charge is 0.317 e. The van der Waals surface area contributed by atoms with Crippen LogP contribution < -0.4 is 9.47 Å². The molecule has 3 aromatic rings. The number of carbonyl (C=O) groups is 1. The van der Waals surface area contributed by atoms with E-state index in [4.69, 9.17) is 14.6 Å². The van der Waals surface area contributed by atoms with E-state index in [1.807, 2.05) is 6.07 Å². The first-order valence-corrected chi connectivity index (χ1v) is 9.50. The van der Waals surface area contributed by atoms with Crippen LogP contribution in [0.2, 0.25) is 0 Å². The van der Waals surface area contributed by atoms with Crippen molar-refractivity contribution in [2.75, 3.05) is 20.1 Å². The van der Waals surface area contributed by atoms with E-state index in [1.165, 1.54) is 12.1 Å². The molecule has 2 aromatic carbocycles. The lowest BCUT2D eigenvalue weighted by atomic mass is 10.1. The molecule has 1 atom stereocenters. The number of aliphatic carboxylic acids is 1. The van der Waals surface area contributed by atoms with Gasteiger partial charge in [-0.15, -0.1) is 0 Å². The first kappa shape index (κ1) is 21.3. The zero-order chi connectivity index (χ0) is 21.3. The standard InChI is InChI=1S/C23H23FN2O4/c1-26(16-23(27)28)14-12-22(17-4-6-18(24)7-5-17)30-20-10-8-19(9-11-20)29-21-3-2-13-25-15-21/h2-11,13,15,22H,12,14,16H2,1H3,(H,27,28). The molecule has 7 heteroatoms. The minimum atomic E-state index is -0.888. The molecule has 0 fully saturated rings. The molecule has 30 heavy (non-hydrogen) atoms. The number of aromatic nitrogens is 1. The third-order valence-electron chi connectivity index (χ3n) is 4.39. The number of halogens is 1. The average Bonchev–Trinajstić information content (AvgIpc) is 2.73. The van der Waals surface area contributed by atoms with Crippen molar-refractivity contribution in [1.82, 2.24) is 9.88 Å². The molecule has 1 unspecified atom stereocenters. The van der Waals surface area contributed by atoms with E-state index in [0.29, 0.717) is 30.2 Å². The number of pyridine rings is 1. The number of carboxylic acids is 1. The molecular weight excluding hydrogens is 387 g/mol. The van der Waals surface area contributed by atoms with Gasteiger partial charge in [-0.3, -0.25) is 14.7 Å². The van der Waals surface area contributed by atoms with E-state index in [9.17, 15) is 9.18 Å². The number of rotatable bonds is 10. The zero-order valence-electron chi connectivity index (χ0n) is 16.6. The largest absolute Gasteiger partial charge is 0.486 e. The van der Waals surface area contributed by atoms with Gasteiger partial charge >= 0.3 is 5.97 Å². The van der Waals surface area contributed by atoms with Gasteiger partial charge in [0.05, 0.1) is 12.7 Å². The summed E-state index contributed by atoms with van der Waals surface area (Å²) in [5.74, 6) is 0.703. The van der Waals surface area contributed by atoms with Crippen LogP contribution in [-0.2, 0) is 4.79 Å². The maximum atomic E-state index is 13.3. The van der Waals surface area contributed by atoms with Crippen LogP contribution in [0.5, 0.6) is 17.2 Å². The van der Waals surface area contributed by atoms with Gasteiger partial charge in [0.1, 0.15) is 29.2 Å². The molecule has 0 bridgehead atoms. The Balaban J connectivity index is 1.68. The van der Waals surface area contributed by atoms with Crippen LogP contribution in [0.25, 0.3) is 0 Å². The topological polar surface area (TPSA) is 71.9 Å². The molecule has 1 aromatic heterocycles. The van der Waals surface area contributed by atoms with Crippen LogP contribution in [0.1, 0.15) is 18.1 Å². The van der Waals surface area contributed by atoms with E-state index in [0.717, 1.165) is 5.56 Å². The lowest BCUT2D eigenvalue weighted by Crippen LogP contribution is -2.28. The molecule has 1 heterocycles. The summed E-state index contributed by atoms with van der Waals surface area (Å²) in [7, 11) is 1.74. The molecule has 1 N–H and O–H groups in total. The Morgan fingerprint density at radius 1 is 1.07 bits per heavy atom. The SMILES string of the molecule is CN(CCC(Oc1ccc(Oc2cccnc2)cc1)c1ccc(F)cc1)CC(=O)O. The van der Waals surface area contributed by atoms with Crippen molar-refractivity contribution in [3.8, 4) is 17.2 Å². The fourth-order valence-corrected chi connectivity index (χ4v) is 2.91. The monoisotopic (exact) mass is 410 g/mol. The Kier molecular flexibility index (Phi) is 7.34. The molecule has 0 amide bonds. The molecule has 0 aliphatic rings. The maximum absolute atomic E-state index is 13.3. The number of nitrogens with zero attached hydrogens (tertiary/aromatic N) is 2. The highest BCUT2D eigenvalue weighted by Gasteiger charge is 2.16. The number of hydrogen-bond acceptors (Lipinski definition) is 5. The van der Waals surface area contributed by atoms with Crippen molar-refractivity contribution in [3.63, 3.8) is 0 Å². The van der Waals surface area contributed by atoms with E-state index >= 15 is 0 Å². The van der Waals surface area contributed by atoms with E-state index in [2.05, 4.69) is 4.98 Å². The second-order valence-electron chi connectivity index (χ2n) is 6.84. The van der Waals surface area contributed by atoms with Gasteiger partial charge in [0.2, 0.25) is 0 Å². The summed E-state index contributed by atoms with van der Waals surface area (Å²) in [6.07, 6.45) is 3.49. The lowest BCUT2D eigenvalue weighted by Gasteiger charge is -2.22. The summed E-state index contributed by atoms with van der Waals surface area (Å²) in [5, 5.41) is 8.93. The Labute approximate surface area is 174 Å². The normalized spacial score (nSPS) is 11.8. The Morgan fingerprint density at radius 2 is 1.77 bits per heavy atom. The minimum Gasteiger partial charge on any atom is -0.486 e. The molecule has 6 nitrogen and oxygen atoms in total. The Hall–Kier alpha value is -3.45. The summed E-state index contributed by atoms with van der Waals surface area (Å²) in [5.41, 5.74) is 0.816. The molecule has 0 spiro atoms. The van der Waals surface area contributed by atoms with Crippen molar-refractivity contribution in [2.45, 2.75) is 12.5 Å². The van der Waals surface area contributed by atoms with Gasteiger partial charge < -0.3 is 14.6 Å². The van der Waals surface area contributed by atoms with Crippen LogP contribution in [0.3, 0.4) is 0 Å². The van der Waals surface area contributed by atoms with Gasteiger partial charge in [-0.2, -0.15) is 0 Å². The molecule has 0 saturated heterocycles. The predicted octanol–water partition coefficient (Wildman–Crippen LogP) is 4.54.